The molecule has 0 saturated heterocycles. The first kappa shape index (κ1) is 14.9. The third-order valence-corrected chi connectivity index (χ3v) is 2.89. The second-order valence-corrected chi connectivity index (χ2v) is 4.42. The maximum atomic E-state index is 11.1. The lowest BCUT2D eigenvalue weighted by atomic mass is 10.1. The molecule has 1 aromatic carbocycles. The van der Waals surface area contributed by atoms with Crippen LogP contribution >= 0.6 is 0 Å². The average molecular weight is 288 g/mol. The Kier molecular flexibility index (Phi) is 4.78. The van der Waals surface area contributed by atoms with Gasteiger partial charge in [0.05, 0.1) is 4.92 Å². The second-order valence-electron chi connectivity index (χ2n) is 4.42. The summed E-state index contributed by atoms with van der Waals surface area (Å²) >= 11 is 0. The Balaban J connectivity index is 2.24. The lowest BCUT2D eigenvalue weighted by Crippen LogP contribution is -2.06. The maximum Gasteiger partial charge on any atom is 0.322 e. The van der Waals surface area contributed by atoms with E-state index in [1.54, 1.807) is 24.5 Å². The van der Waals surface area contributed by atoms with Crippen LogP contribution in [-0.4, -0.2) is 21.9 Å². The monoisotopic (exact) mass is 288 g/mol. The van der Waals surface area contributed by atoms with Gasteiger partial charge in [0.25, 0.3) is 0 Å². The van der Waals surface area contributed by atoms with E-state index in [0.717, 1.165) is 17.5 Å². The molecule has 0 bridgehead atoms. The highest BCUT2D eigenvalue weighted by Crippen LogP contribution is 2.30. The second kappa shape index (κ2) is 6.76. The number of nitrogens with one attached hydrogen (secondary N) is 1. The summed E-state index contributed by atoms with van der Waals surface area (Å²) in [5.41, 5.74) is 1.69. The quantitative estimate of drug-likeness (QED) is 0.648. The molecule has 1 N–H and O–H groups in total. The standard InChI is InChI=1S/C14H16N4O3/c1-3-10-4-5-13(12(6-10)18(19)20)21-14-16-8-11(7-15-2)9-17-14/h4-6,8-9,15H,3,7H2,1-2H3. The van der Waals surface area contributed by atoms with Gasteiger partial charge in [0, 0.05) is 30.6 Å². The molecule has 0 fully saturated rings. The van der Waals surface area contributed by atoms with Crippen LogP contribution in [0.1, 0.15) is 18.1 Å². The summed E-state index contributed by atoms with van der Waals surface area (Å²) < 4.78 is 5.42. The van der Waals surface area contributed by atoms with Crippen molar-refractivity contribution in [2.75, 3.05) is 7.05 Å². The summed E-state index contributed by atoms with van der Waals surface area (Å²) in [6.07, 6.45) is 3.95. The smallest absolute Gasteiger partial charge is 0.322 e. The molecule has 1 heterocycles. The summed E-state index contributed by atoms with van der Waals surface area (Å²) in [7, 11) is 1.82. The number of nitro groups is 1. The molecule has 7 nitrogen and oxygen atoms in total. The molecule has 0 saturated carbocycles. The van der Waals surface area contributed by atoms with Gasteiger partial charge in [-0.15, -0.1) is 0 Å². The van der Waals surface area contributed by atoms with Crippen LogP contribution in [0.15, 0.2) is 30.6 Å². The highest BCUT2D eigenvalue weighted by Gasteiger charge is 2.17. The van der Waals surface area contributed by atoms with Gasteiger partial charge in [0.1, 0.15) is 0 Å². The zero-order valence-electron chi connectivity index (χ0n) is 11.9. The lowest BCUT2D eigenvalue weighted by Gasteiger charge is -2.06. The van der Waals surface area contributed by atoms with Gasteiger partial charge in [0.2, 0.25) is 5.75 Å². The molecule has 110 valence electrons. The number of aromatic nitrogens is 2. The van der Waals surface area contributed by atoms with E-state index < -0.39 is 4.92 Å². The Morgan fingerprint density at radius 1 is 1.29 bits per heavy atom. The highest BCUT2D eigenvalue weighted by molar-refractivity contribution is 5.49. The van der Waals surface area contributed by atoms with Crippen LogP contribution in [0.25, 0.3) is 0 Å². The largest absolute Gasteiger partial charge is 0.417 e. The Hall–Kier alpha value is -2.54. The molecule has 0 unspecified atom stereocenters. The Bertz CT molecular complexity index is 629. The highest BCUT2D eigenvalue weighted by atomic mass is 16.6. The first-order valence-corrected chi connectivity index (χ1v) is 6.54. The predicted octanol–water partition coefficient (Wildman–Crippen LogP) is 2.46. The molecule has 0 radical (unpaired) electrons. The molecule has 0 aliphatic rings. The predicted molar refractivity (Wildman–Crippen MR) is 77.3 cm³/mol. The number of nitrogens with zero attached hydrogens (tertiary/aromatic N) is 3. The van der Waals surface area contributed by atoms with Crippen molar-refractivity contribution in [3.8, 4) is 11.8 Å². The van der Waals surface area contributed by atoms with Crippen molar-refractivity contribution in [1.29, 1.82) is 0 Å². The van der Waals surface area contributed by atoms with Gasteiger partial charge in [-0.3, -0.25) is 10.1 Å². The molecule has 0 aliphatic heterocycles. The summed E-state index contributed by atoms with van der Waals surface area (Å²) in [5.74, 6) is 0.138. The number of hydrogen-bond acceptors (Lipinski definition) is 6. The van der Waals surface area contributed by atoms with E-state index in [4.69, 9.17) is 4.74 Å². The van der Waals surface area contributed by atoms with E-state index in [9.17, 15) is 10.1 Å². The molecular formula is C14H16N4O3. The Morgan fingerprint density at radius 2 is 2.00 bits per heavy atom. The molecule has 1 aromatic heterocycles. The van der Waals surface area contributed by atoms with Gasteiger partial charge >= 0.3 is 11.7 Å². The van der Waals surface area contributed by atoms with Crippen molar-refractivity contribution in [2.24, 2.45) is 0 Å². The summed E-state index contributed by atoms with van der Waals surface area (Å²) in [5, 5.41) is 14.1. The summed E-state index contributed by atoms with van der Waals surface area (Å²) in [6.45, 7) is 2.58. The van der Waals surface area contributed by atoms with Gasteiger partial charge < -0.3 is 10.1 Å². The van der Waals surface area contributed by atoms with Gasteiger partial charge in [0.15, 0.2) is 0 Å². The molecule has 2 aromatic rings. The first-order chi connectivity index (χ1) is 10.1. The van der Waals surface area contributed by atoms with E-state index in [-0.39, 0.29) is 17.4 Å². The van der Waals surface area contributed by atoms with E-state index in [1.165, 1.54) is 6.07 Å². The van der Waals surface area contributed by atoms with Crippen molar-refractivity contribution in [3.05, 3.63) is 51.8 Å². The minimum absolute atomic E-state index is 0.0854. The number of aryl methyl sites for hydroxylation is 1. The number of benzene rings is 1. The number of hydrogen-bond donors (Lipinski definition) is 1. The Labute approximate surface area is 122 Å². The fraction of sp³-hybridized carbons (Fsp3) is 0.286. The van der Waals surface area contributed by atoms with Crippen LogP contribution in [0.2, 0.25) is 0 Å². The van der Waals surface area contributed by atoms with Crippen LogP contribution in [0, 0.1) is 10.1 Å². The van der Waals surface area contributed by atoms with Crippen molar-refractivity contribution < 1.29 is 9.66 Å². The van der Waals surface area contributed by atoms with Crippen LogP contribution in [0.5, 0.6) is 11.8 Å². The van der Waals surface area contributed by atoms with Crippen LogP contribution in [0.3, 0.4) is 0 Å². The fourth-order valence-electron chi connectivity index (χ4n) is 1.80. The summed E-state index contributed by atoms with van der Waals surface area (Å²) in [6, 6.07) is 4.95. The third-order valence-electron chi connectivity index (χ3n) is 2.89. The zero-order chi connectivity index (χ0) is 15.2. The maximum absolute atomic E-state index is 11.1. The van der Waals surface area contributed by atoms with Crippen molar-refractivity contribution in [3.63, 3.8) is 0 Å². The van der Waals surface area contributed by atoms with E-state index >= 15 is 0 Å². The lowest BCUT2D eigenvalue weighted by molar-refractivity contribution is -0.385. The molecule has 21 heavy (non-hydrogen) atoms. The number of nitro benzene ring substituents is 1. The fourth-order valence-corrected chi connectivity index (χ4v) is 1.80. The summed E-state index contributed by atoms with van der Waals surface area (Å²) in [4.78, 5) is 18.7. The molecule has 0 aliphatic carbocycles. The molecule has 0 spiro atoms. The third kappa shape index (κ3) is 3.73. The topological polar surface area (TPSA) is 90.2 Å². The average Bonchev–Trinajstić information content (AvgIpc) is 2.49. The zero-order valence-corrected chi connectivity index (χ0v) is 11.9. The van der Waals surface area contributed by atoms with Crippen LogP contribution < -0.4 is 10.1 Å². The molecule has 0 amide bonds. The Morgan fingerprint density at radius 3 is 2.57 bits per heavy atom. The van der Waals surface area contributed by atoms with Crippen LogP contribution in [-0.2, 0) is 13.0 Å². The minimum atomic E-state index is -0.468. The number of ether oxygens (including phenoxy) is 1. The minimum Gasteiger partial charge on any atom is -0.417 e. The van der Waals surface area contributed by atoms with E-state index in [2.05, 4.69) is 15.3 Å². The molecule has 0 atom stereocenters. The first-order valence-electron chi connectivity index (χ1n) is 6.54. The van der Waals surface area contributed by atoms with Gasteiger partial charge in [-0.1, -0.05) is 13.0 Å². The van der Waals surface area contributed by atoms with Crippen LogP contribution in [0.4, 0.5) is 5.69 Å². The molecule has 7 heteroatoms. The van der Waals surface area contributed by atoms with Crippen molar-refractivity contribution in [2.45, 2.75) is 19.9 Å². The van der Waals surface area contributed by atoms with Crippen molar-refractivity contribution in [1.82, 2.24) is 15.3 Å². The molecule has 2 rings (SSSR count). The number of rotatable bonds is 6. The van der Waals surface area contributed by atoms with Gasteiger partial charge in [-0.2, -0.15) is 0 Å². The van der Waals surface area contributed by atoms with Gasteiger partial charge in [-0.25, -0.2) is 9.97 Å². The van der Waals surface area contributed by atoms with Gasteiger partial charge in [-0.05, 0) is 25.1 Å². The van der Waals surface area contributed by atoms with E-state index in [0.29, 0.717) is 6.54 Å². The molecular weight excluding hydrogens is 272 g/mol. The van der Waals surface area contributed by atoms with Crippen molar-refractivity contribution >= 4 is 5.69 Å². The van der Waals surface area contributed by atoms with E-state index in [1.807, 2.05) is 14.0 Å². The normalized spacial score (nSPS) is 10.4. The SMILES string of the molecule is CCc1ccc(Oc2ncc(CNC)cn2)c([N+](=O)[O-])c1.